The van der Waals surface area contributed by atoms with E-state index in [2.05, 4.69) is 18.9 Å². The second kappa shape index (κ2) is 5.78. The lowest BCUT2D eigenvalue weighted by atomic mass is 9.91. The second-order valence-corrected chi connectivity index (χ2v) is 4.77. The Bertz CT molecular complexity index is 172. The lowest BCUT2D eigenvalue weighted by Crippen LogP contribution is -2.38. The maximum absolute atomic E-state index is 12.9. The molecule has 0 N–H and O–H groups in total. The topological polar surface area (TPSA) is 3.24 Å². The molecule has 0 atom stereocenters. The van der Waals surface area contributed by atoms with Crippen molar-refractivity contribution >= 4 is 0 Å². The molecule has 0 aliphatic heterocycles. The van der Waals surface area contributed by atoms with Gasteiger partial charge in [-0.3, -0.25) is 0 Å². The van der Waals surface area contributed by atoms with Gasteiger partial charge >= 0.3 is 0 Å². The molecule has 0 heterocycles. The average Bonchev–Trinajstić information content (AvgIpc) is 2.18. The number of hydrogen-bond acceptors (Lipinski definition) is 1. The summed E-state index contributed by atoms with van der Waals surface area (Å²) in [7, 11) is 2.07. The highest BCUT2D eigenvalue weighted by atomic mass is 19.3. The van der Waals surface area contributed by atoms with Crippen molar-refractivity contribution in [3.63, 3.8) is 0 Å². The zero-order chi connectivity index (χ0) is 11.3. The molecule has 15 heavy (non-hydrogen) atoms. The van der Waals surface area contributed by atoms with Gasteiger partial charge < -0.3 is 4.90 Å². The lowest BCUT2D eigenvalue weighted by Gasteiger charge is -2.34. The van der Waals surface area contributed by atoms with Gasteiger partial charge in [0.1, 0.15) is 0 Å². The smallest absolute Gasteiger partial charge is 0.248 e. The van der Waals surface area contributed by atoms with E-state index in [9.17, 15) is 8.78 Å². The summed E-state index contributed by atoms with van der Waals surface area (Å²) in [5.74, 6) is -2.39. The molecule has 0 amide bonds. The summed E-state index contributed by atoms with van der Waals surface area (Å²) in [6, 6.07) is 0.390. The van der Waals surface area contributed by atoms with Crippen LogP contribution in [0.1, 0.15) is 51.9 Å². The van der Waals surface area contributed by atoms with Crippen LogP contribution in [-0.4, -0.2) is 30.5 Å². The predicted octanol–water partition coefficient (Wildman–Crippen LogP) is 3.69. The molecule has 0 aromatic heterocycles. The summed E-state index contributed by atoms with van der Waals surface area (Å²) >= 11 is 0. The Kier molecular flexibility index (Phi) is 4.97. The third-order valence-electron chi connectivity index (χ3n) is 3.42. The molecule has 0 aromatic carbocycles. The monoisotopic (exact) mass is 219 g/mol. The highest BCUT2D eigenvalue weighted by Crippen LogP contribution is 2.34. The van der Waals surface area contributed by atoms with E-state index in [0.29, 0.717) is 18.9 Å². The fraction of sp³-hybridized carbons (Fsp3) is 1.00. The number of hydrogen-bond donors (Lipinski definition) is 0. The minimum atomic E-state index is -2.39. The van der Waals surface area contributed by atoms with Crippen LogP contribution >= 0.6 is 0 Å². The predicted molar refractivity (Wildman–Crippen MR) is 59.4 cm³/mol. The summed E-state index contributed by atoms with van der Waals surface area (Å²) < 4.78 is 25.9. The van der Waals surface area contributed by atoms with Crippen LogP contribution in [0.25, 0.3) is 0 Å². The van der Waals surface area contributed by atoms with Gasteiger partial charge in [0.05, 0.1) is 0 Å². The van der Waals surface area contributed by atoms with Crippen LogP contribution in [0.5, 0.6) is 0 Å². The first kappa shape index (κ1) is 12.9. The Balaban J connectivity index is 2.21. The van der Waals surface area contributed by atoms with E-state index in [1.807, 2.05) is 0 Å². The van der Waals surface area contributed by atoms with Crippen molar-refractivity contribution in [2.24, 2.45) is 0 Å². The Morgan fingerprint density at radius 1 is 1.20 bits per heavy atom. The highest BCUT2D eigenvalue weighted by Gasteiger charge is 2.35. The number of halogens is 2. The van der Waals surface area contributed by atoms with Crippen LogP contribution in [-0.2, 0) is 0 Å². The SMILES string of the molecule is CCCCCN(C)C1CCC(F)(F)CC1. The quantitative estimate of drug-likeness (QED) is 0.637. The summed E-state index contributed by atoms with van der Waals surface area (Å²) in [6.07, 6.45) is 5.14. The molecule has 1 aliphatic rings. The van der Waals surface area contributed by atoms with Crippen LogP contribution < -0.4 is 0 Å². The fourth-order valence-electron chi connectivity index (χ4n) is 2.26. The molecule has 0 spiro atoms. The van der Waals surface area contributed by atoms with Gasteiger partial charge in [0.15, 0.2) is 0 Å². The van der Waals surface area contributed by atoms with E-state index in [0.717, 1.165) is 6.54 Å². The molecule has 0 unspecified atom stereocenters. The highest BCUT2D eigenvalue weighted by molar-refractivity contribution is 4.82. The van der Waals surface area contributed by atoms with Crippen molar-refractivity contribution < 1.29 is 8.78 Å². The molecule has 1 aliphatic carbocycles. The van der Waals surface area contributed by atoms with Gasteiger partial charge in [0, 0.05) is 18.9 Å². The number of rotatable bonds is 5. The van der Waals surface area contributed by atoms with Crippen LogP contribution in [0.3, 0.4) is 0 Å². The second-order valence-electron chi connectivity index (χ2n) is 4.77. The van der Waals surface area contributed by atoms with Gasteiger partial charge in [0.25, 0.3) is 0 Å². The first-order valence-corrected chi connectivity index (χ1v) is 6.13. The van der Waals surface area contributed by atoms with Crippen molar-refractivity contribution in [3.8, 4) is 0 Å². The standard InChI is InChI=1S/C12H23F2N/c1-3-4-5-10-15(2)11-6-8-12(13,14)9-7-11/h11H,3-10H2,1-2H3. The van der Waals surface area contributed by atoms with Crippen LogP contribution in [0, 0.1) is 0 Å². The zero-order valence-electron chi connectivity index (χ0n) is 9.94. The van der Waals surface area contributed by atoms with Crippen molar-refractivity contribution in [1.82, 2.24) is 4.90 Å². The third kappa shape index (κ3) is 4.45. The van der Waals surface area contributed by atoms with Gasteiger partial charge in [-0.25, -0.2) is 8.78 Å². The summed E-state index contributed by atoms with van der Waals surface area (Å²) in [5.41, 5.74) is 0. The van der Waals surface area contributed by atoms with Gasteiger partial charge in [-0.2, -0.15) is 0 Å². The van der Waals surface area contributed by atoms with Gasteiger partial charge in [-0.05, 0) is 32.9 Å². The fourth-order valence-corrected chi connectivity index (χ4v) is 2.26. The largest absolute Gasteiger partial charge is 0.303 e. The summed E-state index contributed by atoms with van der Waals surface area (Å²) in [6.45, 7) is 3.24. The molecule has 0 saturated heterocycles. The molecular weight excluding hydrogens is 196 g/mol. The third-order valence-corrected chi connectivity index (χ3v) is 3.42. The van der Waals surface area contributed by atoms with Crippen molar-refractivity contribution in [3.05, 3.63) is 0 Å². The number of alkyl halides is 2. The maximum atomic E-state index is 12.9. The molecular formula is C12H23F2N. The van der Waals surface area contributed by atoms with E-state index < -0.39 is 5.92 Å². The molecule has 90 valence electrons. The Labute approximate surface area is 91.8 Å². The lowest BCUT2D eigenvalue weighted by molar-refractivity contribution is -0.0513. The van der Waals surface area contributed by atoms with E-state index in [1.165, 1.54) is 19.3 Å². The van der Waals surface area contributed by atoms with Crippen molar-refractivity contribution in [2.45, 2.75) is 63.8 Å². The van der Waals surface area contributed by atoms with Gasteiger partial charge in [-0.15, -0.1) is 0 Å². The molecule has 1 saturated carbocycles. The van der Waals surface area contributed by atoms with Crippen molar-refractivity contribution in [1.29, 1.82) is 0 Å². The van der Waals surface area contributed by atoms with Crippen LogP contribution in [0.4, 0.5) is 8.78 Å². The first-order chi connectivity index (χ1) is 7.05. The summed E-state index contributed by atoms with van der Waals surface area (Å²) in [5, 5.41) is 0. The van der Waals surface area contributed by atoms with E-state index in [-0.39, 0.29) is 12.8 Å². The molecule has 0 radical (unpaired) electrons. The normalized spacial score (nSPS) is 22.2. The zero-order valence-corrected chi connectivity index (χ0v) is 9.94. The first-order valence-electron chi connectivity index (χ1n) is 6.13. The maximum Gasteiger partial charge on any atom is 0.248 e. The Hall–Kier alpha value is -0.180. The van der Waals surface area contributed by atoms with E-state index in [4.69, 9.17) is 0 Å². The van der Waals surface area contributed by atoms with Gasteiger partial charge in [0.2, 0.25) is 5.92 Å². The van der Waals surface area contributed by atoms with E-state index >= 15 is 0 Å². The molecule has 1 nitrogen and oxygen atoms in total. The van der Waals surface area contributed by atoms with Crippen LogP contribution in [0.2, 0.25) is 0 Å². The molecule has 0 aromatic rings. The average molecular weight is 219 g/mol. The van der Waals surface area contributed by atoms with Gasteiger partial charge in [-0.1, -0.05) is 19.8 Å². The number of nitrogens with zero attached hydrogens (tertiary/aromatic N) is 1. The molecule has 3 heteroatoms. The summed E-state index contributed by atoms with van der Waals surface area (Å²) in [4.78, 5) is 2.27. The molecule has 1 fully saturated rings. The van der Waals surface area contributed by atoms with Crippen LogP contribution in [0.15, 0.2) is 0 Å². The molecule has 1 rings (SSSR count). The Morgan fingerprint density at radius 3 is 2.33 bits per heavy atom. The Morgan fingerprint density at radius 2 is 1.80 bits per heavy atom. The number of unbranched alkanes of at least 4 members (excludes halogenated alkanes) is 2. The van der Waals surface area contributed by atoms with E-state index in [1.54, 1.807) is 0 Å². The minimum absolute atomic E-state index is 0.0792. The minimum Gasteiger partial charge on any atom is -0.303 e. The molecule has 0 bridgehead atoms. The van der Waals surface area contributed by atoms with Crippen molar-refractivity contribution in [2.75, 3.05) is 13.6 Å².